The lowest BCUT2D eigenvalue weighted by Crippen LogP contribution is -2.16. The summed E-state index contributed by atoms with van der Waals surface area (Å²) in [4.78, 5) is 0. The summed E-state index contributed by atoms with van der Waals surface area (Å²) in [5.41, 5.74) is 1.63. The normalized spacial score (nSPS) is 10.3. The standard InChI is InChI=1S/C21H22FNO3.ClH/c1-24-20-9-7-15(13-21(20)25-2)11-12-23-14-16-8-10-19(26-16)17-5-3-4-6-18(17)22;/h3-10,13,23H,11-12,14H2,1-2H3;1H. The minimum absolute atomic E-state index is 0. The maximum Gasteiger partial charge on any atom is 0.160 e. The molecule has 3 aromatic rings. The molecule has 0 fully saturated rings. The Hall–Kier alpha value is -2.50. The lowest BCUT2D eigenvalue weighted by molar-refractivity contribution is 0.354. The van der Waals surface area contributed by atoms with Gasteiger partial charge in [0.05, 0.1) is 26.3 Å². The number of rotatable bonds is 8. The molecule has 0 aliphatic carbocycles. The van der Waals surface area contributed by atoms with E-state index in [0.717, 1.165) is 35.8 Å². The molecule has 0 aliphatic heterocycles. The van der Waals surface area contributed by atoms with Crippen LogP contribution in [-0.2, 0) is 13.0 Å². The molecule has 0 bridgehead atoms. The monoisotopic (exact) mass is 391 g/mol. The quantitative estimate of drug-likeness (QED) is 0.557. The van der Waals surface area contributed by atoms with Crippen molar-refractivity contribution in [3.63, 3.8) is 0 Å². The summed E-state index contributed by atoms with van der Waals surface area (Å²) < 4.78 is 30.1. The van der Waals surface area contributed by atoms with Crippen molar-refractivity contribution in [3.8, 4) is 22.8 Å². The van der Waals surface area contributed by atoms with Crippen LogP contribution in [0, 0.1) is 5.82 Å². The van der Waals surface area contributed by atoms with Crippen molar-refractivity contribution in [2.75, 3.05) is 20.8 Å². The zero-order valence-electron chi connectivity index (χ0n) is 15.3. The van der Waals surface area contributed by atoms with Crippen LogP contribution in [0.1, 0.15) is 11.3 Å². The Bertz CT molecular complexity index is 866. The van der Waals surface area contributed by atoms with Gasteiger partial charge in [0.2, 0.25) is 0 Å². The van der Waals surface area contributed by atoms with Crippen LogP contribution in [0.15, 0.2) is 59.0 Å². The van der Waals surface area contributed by atoms with E-state index in [1.165, 1.54) is 6.07 Å². The number of ether oxygens (including phenoxy) is 2. The average molecular weight is 392 g/mol. The van der Waals surface area contributed by atoms with Crippen molar-refractivity contribution in [1.82, 2.24) is 5.32 Å². The van der Waals surface area contributed by atoms with Crippen LogP contribution in [-0.4, -0.2) is 20.8 Å². The third-order valence-electron chi connectivity index (χ3n) is 4.14. The smallest absolute Gasteiger partial charge is 0.160 e. The van der Waals surface area contributed by atoms with Gasteiger partial charge in [0.1, 0.15) is 17.3 Å². The molecule has 1 heterocycles. The Labute approximate surface area is 164 Å². The summed E-state index contributed by atoms with van der Waals surface area (Å²) in [5, 5.41) is 3.34. The Morgan fingerprint density at radius 3 is 2.48 bits per heavy atom. The number of hydrogen-bond donors (Lipinski definition) is 1. The van der Waals surface area contributed by atoms with Gasteiger partial charge in [-0.2, -0.15) is 0 Å². The van der Waals surface area contributed by atoms with Gasteiger partial charge in [-0.1, -0.05) is 18.2 Å². The zero-order valence-corrected chi connectivity index (χ0v) is 16.1. The predicted octanol–water partition coefficient (Wildman–Crippen LogP) is 4.86. The second kappa shape index (κ2) is 10.00. The second-order valence-corrected chi connectivity index (χ2v) is 5.86. The van der Waals surface area contributed by atoms with Gasteiger partial charge in [-0.05, 0) is 54.9 Å². The molecule has 1 N–H and O–H groups in total. The predicted molar refractivity (Wildman–Crippen MR) is 106 cm³/mol. The summed E-state index contributed by atoms with van der Waals surface area (Å²) in [7, 11) is 3.25. The second-order valence-electron chi connectivity index (χ2n) is 5.86. The average Bonchev–Trinajstić information content (AvgIpc) is 3.14. The first-order valence-electron chi connectivity index (χ1n) is 8.46. The molecule has 0 saturated carbocycles. The molecule has 6 heteroatoms. The van der Waals surface area contributed by atoms with Crippen LogP contribution in [0.2, 0.25) is 0 Å². The van der Waals surface area contributed by atoms with E-state index in [1.807, 2.05) is 24.3 Å². The molecule has 3 rings (SSSR count). The number of furan rings is 1. The Kier molecular flexibility index (Phi) is 7.70. The van der Waals surface area contributed by atoms with E-state index < -0.39 is 0 Å². The SMILES string of the molecule is COc1ccc(CCNCc2ccc(-c3ccccc3F)o2)cc1OC.Cl. The molecule has 4 nitrogen and oxygen atoms in total. The molecule has 0 spiro atoms. The van der Waals surface area contributed by atoms with Gasteiger partial charge in [0.25, 0.3) is 0 Å². The maximum absolute atomic E-state index is 13.8. The van der Waals surface area contributed by atoms with Crippen LogP contribution in [0.5, 0.6) is 11.5 Å². The van der Waals surface area contributed by atoms with Gasteiger partial charge in [0.15, 0.2) is 11.5 Å². The number of benzene rings is 2. The summed E-state index contributed by atoms with van der Waals surface area (Å²) >= 11 is 0. The van der Waals surface area contributed by atoms with E-state index in [2.05, 4.69) is 5.32 Å². The maximum atomic E-state index is 13.8. The highest BCUT2D eigenvalue weighted by Gasteiger charge is 2.09. The van der Waals surface area contributed by atoms with Gasteiger partial charge in [-0.3, -0.25) is 0 Å². The van der Waals surface area contributed by atoms with Gasteiger partial charge in [-0.25, -0.2) is 4.39 Å². The zero-order chi connectivity index (χ0) is 18.4. The molecule has 0 atom stereocenters. The third-order valence-corrected chi connectivity index (χ3v) is 4.14. The summed E-state index contributed by atoms with van der Waals surface area (Å²) in [5.74, 6) is 2.48. The first-order valence-corrected chi connectivity index (χ1v) is 8.46. The summed E-state index contributed by atoms with van der Waals surface area (Å²) in [6.45, 7) is 1.37. The lowest BCUT2D eigenvalue weighted by Gasteiger charge is -2.09. The number of methoxy groups -OCH3 is 2. The fraction of sp³-hybridized carbons (Fsp3) is 0.238. The van der Waals surface area contributed by atoms with Crippen molar-refractivity contribution in [3.05, 3.63) is 71.7 Å². The first-order chi connectivity index (χ1) is 12.7. The first kappa shape index (κ1) is 20.8. The van der Waals surface area contributed by atoms with Crippen LogP contribution in [0.3, 0.4) is 0 Å². The van der Waals surface area contributed by atoms with Gasteiger partial charge in [0, 0.05) is 0 Å². The molecule has 0 unspecified atom stereocenters. The van der Waals surface area contributed by atoms with Crippen LogP contribution < -0.4 is 14.8 Å². The summed E-state index contributed by atoms with van der Waals surface area (Å²) in [6, 6.07) is 16.2. The van der Waals surface area contributed by atoms with Gasteiger partial charge >= 0.3 is 0 Å². The molecule has 0 radical (unpaired) electrons. The molecule has 0 amide bonds. The van der Waals surface area contributed by atoms with E-state index in [1.54, 1.807) is 38.5 Å². The highest BCUT2D eigenvalue weighted by molar-refractivity contribution is 5.85. The Morgan fingerprint density at radius 2 is 1.74 bits per heavy atom. The number of hydrogen-bond acceptors (Lipinski definition) is 4. The van der Waals surface area contributed by atoms with Crippen molar-refractivity contribution in [2.45, 2.75) is 13.0 Å². The number of nitrogens with one attached hydrogen (secondary N) is 1. The fourth-order valence-electron chi connectivity index (χ4n) is 2.76. The highest BCUT2D eigenvalue weighted by Crippen LogP contribution is 2.27. The van der Waals surface area contributed by atoms with Gasteiger partial charge < -0.3 is 19.2 Å². The van der Waals surface area contributed by atoms with Crippen molar-refractivity contribution in [2.24, 2.45) is 0 Å². The van der Waals surface area contributed by atoms with Gasteiger partial charge in [-0.15, -0.1) is 12.4 Å². The van der Waals surface area contributed by atoms with E-state index in [4.69, 9.17) is 13.9 Å². The molecular weight excluding hydrogens is 369 g/mol. The lowest BCUT2D eigenvalue weighted by atomic mass is 10.1. The molecule has 0 aliphatic rings. The van der Waals surface area contributed by atoms with Crippen molar-refractivity contribution < 1.29 is 18.3 Å². The third kappa shape index (κ3) is 5.25. The molecule has 27 heavy (non-hydrogen) atoms. The Balaban J connectivity index is 0.00000261. The summed E-state index contributed by atoms with van der Waals surface area (Å²) in [6.07, 6.45) is 0.848. The molecule has 0 saturated heterocycles. The van der Waals surface area contributed by atoms with Crippen molar-refractivity contribution >= 4 is 12.4 Å². The topological polar surface area (TPSA) is 43.6 Å². The minimum atomic E-state index is -0.283. The molecule has 2 aromatic carbocycles. The Morgan fingerprint density at radius 1 is 0.963 bits per heavy atom. The highest BCUT2D eigenvalue weighted by atomic mass is 35.5. The fourth-order valence-corrected chi connectivity index (χ4v) is 2.76. The molecule has 144 valence electrons. The van der Waals surface area contributed by atoms with E-state index in [9.17, 15) is 4.39 Å². The van der Waals surface area contributed by atoms with Crippen LogP contribution in [0.4, 0.5) is 4.39 Å². The largest absolute Gasteiger partial charge is 0.493 e. The van der Waals surface area contributed by atoms with Crippen LogP contribution in [0.25, 0.3) is 11.3 Å². The number of halogens is 2. The minimum Gasteiger partial charge on any atom is -0.493 e. The molecular formula is C21H23ClFNO3. The van der Waals surface area contributed by atoms with E-state index in [0.29, 0.717) is 17.9 Å². The molecule has 1 aromatic heterocycles. The van der Waals surface area contributed by atoms with E-state index >= 15 is 0 Å². The van der Waals surface area contributed by atoms with E-state index in [-0.39, 0.29) is 18.2 Å². The van der Waals surface area contributed by atoms with Crippen molar-refractivity contribution in [1.29, 1.82) is 0 Å². The van der Waals surface area contributed by atoms with Crippen LogP contribution >= 0.6 is 12.4 Å².